The van der Waals surface area contributed by atoms with Crippen LogP contribution in [-0.2, 0) is 16.2 Å². The molecule has 0 aromatic heterocycles. The first kappa shape index (κ1) is 32.8. The first-order valence-electron chi connectivity index (χ1n) is 16.8. The van der Waals surface area contributed by atoms with Gasteiger partial charge in [0.05, 0.1) is 25.3 Å². The predicted molar refractivity (Wildman–Crippen MR) is 177 cm³/mol. The number of hydrogen-bond donors (Lipinski definition) is 3. The lowest BCUT2D eigenvalue weighted by molar-refractivity contribution is -0.182. The van der Waals surface area contributed by atoms with Gasteiger partial charge in [0.25, 0.3) is 5.91 Å². The number of aliphatic hydroxyl groups excluding tert-OH is 2. The summed E-state index contributed by atoms with van der Waals surface area (Å²) in [5.74, 6) is 0.169. The molecular formula is C37H50N4O5. The predicted octanol–water partition coefficient (Wildman–Crippen LogP) is 3.71. The number of hydrogen-bond acceptors (Lipinski definition) is 7. The van der Waals surface area contributed by atoms with Gasteiger partial charge in [0.1, 0.15) is 12.1 Å². The molecule has 3 aliphatic carbocycles. The summed E-state index contributed by atoms with van der Waals surface area (Å²) >= 11 is 0. The second-order valence-corrected chi connectivity index (χ2v) is 14.8. The van der Waals surface area contributed by atoms with Gasteiger partial charge in [-0.1, -0.05) is 56.3 Å². The van der Waals surface area contributed by atoms with E-state index >= 15 is 0 Å². The van der Waals surface area contributed by atoms with Crippen molar-refractivity contribution in [1.82, 2.24) is 20.2 Å². The number of benzene rings is 2. The first-order chi connectivity index (χ1) is 21.9. The molecule has 8 atom stereocenters. The maximum absolute atomic E-state index is 14.0. The summed E-state index contributed by atoms with van der Waals surface area (Å²) in [5.41, 5.74) is 4.75. The minimum Gasteiger partial charge on any atom is -0.394 e. The van der Waals surface area contributed by atoms with Gasteiger partial charge in [-0.05, 0) is 92.4 Å². The third kappa shape index (κ3) is 6.04. The zero-order valence-electron chi connectivity index (χ0n) is 27.9. The normalized spacial score (nSPS) is 31.2. The van der Waals surface area contributed by atoms with Crippen molar-refractivity contribution in [2.75, 3.05) is 33.8 Å². The van der Waals surface area contributed by atoms with E-state index in [1.807, 2.05) is 53.4 Å². The van der Waals surface area contributed by atoms with Crippen LogP contribution in [0.25, 0.3) is 11.1 Å². The summed E-state index contributed by atoms with van der Waals surface area (Å²) in [6, 6.07) is 15.2. The fourth-order valence-corrected chi connectivity index (χ4v) is 8.40. The molecular weight excluding hydrogens is 580 g/mol. The van der Waals surface area contributed by atoms with Crippen molar-refractivity contribution in [1.29, 1.82) is 0 Å². The summed E-state index contributed by atoms with van der Waals surface area (Å²) in [5, 5.41) is 25.8. The molecule has 2 amide bonds. The van der Waals surface area contributed by atoms with E-state index < -0.39 is 24.2 Å². The molecule has 2 bridgehead atoms. The van der Waals surface area contributed by atoms with Crippen LogP contribution in [0.15, 0.2) is 60.7 Å². The number of carbonyl (C=O) groups excluding carboxylic acids is 2. The van der Waals surface area contributed by atoms with Gasteiger partial charge in [-0.3, -0.25) is 14.4 Å². The highest BCUT2D eigenvalue weighted by Gasteiger charge is 2.56. The first-order valence-corrected chi connectivity index (χ1v) is 16.8. The molecule has 2 heterocycles. The van der Waals surface area contributed by atoms with E-state index in [-0.39, 0.29) is 36.4 Å². The molecule has 0 spiro atoms. The molecule has 0 radical (unpaired) electrons. The summed E-state index contributed by atoms with van der Waals surface area (Å²) in [4.78, 5) is 37.6. The van der Waals surface area contributed by atoms with Crippen molar-refractivity contribution in [3.05, 3.63) is 71.8 Å². The maximum atomic E-state index is 14.0. The number of hydroxylamine groups is 2. The highest BCUT2D eigenvalue weighted by atomic mass is 16.7. The second kappa shape index (κ2) is 12.8. The molecule has 9 heteroatoms. The van der Waals surface area contributed by atoms with Crippen molar-refractivity contribution in [3.8, 4) is 11.1 Å². The largest absolute Gasteiger partial charge is 0.394 e. The average molecular weight is 631 g/mol. The van der Waals surface area contributed by atoms with Crippen LogP contribution < -0.4 is 5.32 Å². The fourth-order valence-electron chi connectivity index (χ4n) is 8.40. The van der Waals surface area contributed by atoms with Gasteiger partial charge >= 0.3 is 0 Å². The van der Waals surface area contributed by atoms with Crippen LogP contribution in [0.3, 0.4) is 0 Å². The van der Waals surface area contributed by atoms with Gasteiger partial charge in [0.2, 0.25) is 5.91 Å². The van der Waals surface area contributed by atoms with Crippen LogP contribution in [0, 0.1) is 23.2 Å². The summed E-state index contributed by atoms with van der Waals surface area (Å²) < 4.78 is 0. The Labute approximate surface area is 273 Å². The maximum Gasteiger partial charge on any atom is 0.253 e. The topological polar surface area (TPSA) is 106 Å². The Hall–Kier alpha value is -3.08. The van der Waals surface area contributed by atoms with Gasteiger partial charge in [0, 0.05) is 30.6 Å². The highest BCUT2D eigenvalue weighted by Crippen LogP contribution is 2.60. The van der Waals surface area contributed by atoms with Crippen LogP contribution in [0.4, 0.5) is 0 Å². The Morgan fingerprint density at radius 2 is 1.85 bits per heavy atom. The molecule has 2 aliphatic heterocycles. The lowest BCUT2D eigenvalue weighted by atomic mass is 9.46. The average Bonchev–Trinajstić information content (AvgIpc) is 3.67. The molecule has 2 saturated heterocycles. The molecule has 9 nitrogen and oxygen atoms in total. The number of nitrogens with zero attached hydrogens (tertiary/aromatic N) is 3. The van der Waals surface area contributed by atoms with E-state index in [0.29, 0.717) is 23.4 Å². The summed E-state index contributed by atoms with van der Waals surface area (Å²) in [6.45, 7) is 12.1. The number of nitrogens with one attached hydrogen (secondary N) is 1. The number of aliphatic hydroxyl groups is 2. The molecule has 5 fully saturated rings. The van der Waals surface area contributed by atoms with Crippen molar-refractivity contribution >= 4 is 11.8 Å². The van der Waals surface area contributed by atoms with Gasteiger partial charge < -0.3 is 25.3 Å². The third-order valence-corrected chi connectivity index (χ3v) is 11.5. The van der Waals surface area contributed by atoms with Gasteiger partial charge in [-0.25, -0.2) is 0 Å². The Kier molecular flexibility index (Phi) is 9.17. The van der Waals surface area contributed by atoms with Crippen LogP contribution in [0.5, 0.6) is 0 Å². The standard InChI is InChI=1S/C37H50N4O5/c1-22-30-17-28(37(30,3)4)18-31(22)38-35(44)34-33(23(2)43)32(21-42)46-41(34)19-24-9-7-10-25(15-24)26-11-8-12-27(16-26)36(45)40-14-13-29(20-40)39(5)6/h7-12,15-16,23,28-34,42-43H,1,13-14,17-21H2,2-6H3,(H,38,44)/t23-,28+,29-,30-,31-,32-,33+,34-/m0/s1. The van der Waals surface area contributed by atoms with E-state index in [9.17, 15) is 19.8 Å². The molecule has 2 aromatic rings. The molecule has 248 valence electrons. The highest BCUT2D eigenvalue weighted by molar-refractivity contribution is 5.95. The van der Waals surface area contributed by atoms with Crippen LogP contribution >= 0.6 is 0 Å². The number of carbonyl (C=O) groups is 2. The number of rotatable bonds is 9. The smallest absolute Gasteiger partial charge is 0.253 e. The van der Waals surface area contributed by atoms with Crippen molar-refractivity contribution < 1.29 is 24.6 Å². The molecule has 2 aromatic carbocycles. The fraction of sp³-hybridized carbons (Fsp3) is 0.568. The third-order valence-electron chi connectivity index (χ3n) is 11.5. The van der Waals surface area contributed by atoms with E-state index in [0.717, 1.165) is 54.6 Å². The van der Waals surface area contributed by atoms with Crippen molar-refractivity contribution in [3.63, 3.8) is 0 Å². The summed E-state index contributed by atoms with van der Waals surface area (Å²) in [6.07, 6.45) is 1.39. The van der Waals surface area contributed by atoms with Crippen molar-refractivity contribution in [2.45, 2.75) is 76.9 Å². The quantitative estimate of drug-likeness (QED) is 0.363. The minimum atomic E-state index is -0.866. The number of amides is 2. The van der Waals surface area contributed by atoms with Crippen LogP contribution in [0.1, 0.15) is 56.0 Å². The number of likely N-dealkylation sites (N-methyl/N-ethyl adjacent to an activating group) is 1. The van der Waals surface area contributed by atoms with Gasteiger partial charge in [-0.15, -0.1) is 0 Å². The zero-order valence-corrected chi connectivity index (χ0v) is 27.9. The van der Waals surface area contributed by atoms with Crippen molar-refractivity contribution in [2.24, 2.45) is 23.2 Å². The Bertz CT molecular complexity index is 1470. The lowest BCUT2D eigenvalue weighted by Gasteiger charge is -2.60. The summed E-state index contributed by atoms with van der Waals surface area (Å²) in [7, 11) is 4.11. The molecule has 5 aliphatic rings. The van der Waals surface area contributed by atoms with Crippen LogP contribution in [0.2, 0.25) is 0 Å². The molecule has 3 N–H and O–H groups in total. The van der Waals surface area contributed by atoms with E-state index in [2.05, 4.69) is 44.7 Å². The van der Waals surface area contributed by atoms with Gasteiger partial charge in [0.15, 0.2) is 0 Å². The molecule has 7 rings (SSSR count). The molecule has 3 saturated carbocycles. The Morgan fingerprint density at radius 3 is 2.48 bits per heavy atom. The number of fused-ring (bicyclic) bond motifs is 2. The molecule has 46 heavy (non-hydrogen) atoms. The monoisotopic (exact) mass is 630 g/mol. The molecule has 0 unspecified atom stereocenters. The lowest BCUT2D eigenvalue weighted by Crippen LogP contribution is -2.59. The van der Waals surface area contributed by atoms with Crippen LogP contribution in [-0.4, -0.2) is 101 Å². The van der Waals surface area contributed by atoms with E-state index in [4.69, 9.17) is 4.84 Å². The van der Waals surface area contributed by atoms with Gasteiger partial charge in [-0.2, -0.15) is 5.06 Å². The minimum absolute atomic E-state index is 0.0439. The zero-order chi connectivity index (χ0) is 32.9. The van der Waals surface area contributed by atoms with E-state index in [1.54, 1.807) is 12.0 Å². The number of likely N-dealkylation sites (tertiary alicyclic amines) is 1. The SMILES string of the molecule is C=C1[C@@H](NC(=O)[C@@H]2[C@H]([C@H](C)O)[C@H](CO)ON2Cc2cccc(-c3cccc(C(=O)N4CC[C@H](N(C)C)C4)c3)c2)C[C@H]2C[C@@H]1C2(C)C. The van der Waals surface area contributed by atoms with E-state index in [1.165, 1.54) is 0 Å². The Morgan fingerprint density at radius 1 is 1.13 bits per heavy atom. The Balaban J connectivity index is 1.19. The second-order valence-electron chi connectivity index (χ2n) is 14.8.